The average Bonchev–Trinajstić information content (AvgIpc) is 2.09. The lowest BCUT2D eigenvalue weighted by atomic mass is 10.1. The molecule has 1 aromatic carbocycles. The van der Waals surface area contributed by atoms with Crippen LogP contribution in [0.15, 0.2) is 12.1 Å². The molecule has 0 aliphatic rings. The van der Waals surface area contributed by atoms with E-state index in [1.54, 1.807) is 0 Å². The Bertz CT molecular complexity index is 334. The third-order valence-electron chi connectivity index (χ3n) is 1.34. The number of benzene rings is 1. The zero-order chi connectivity index (χ0) is 9.14. The van der Waals surface area contributed by atoms with Crippen molar-refractivity contribution in [2.75, 3.05) is 0 Å². The highest BCUT2D eigenvalue weighted by Crippen LogP contribution is 2.11. The Kier molecular flexibility index (Phi) is 2.28. The van der Waals surface area contributed by atoms with Gasteiger partial charge in [0.1, 0.15) is 6.29 Å². The van der Waals surface area contributed by atoms with E-state index < -0.39 is 17.2 Å². The summed E-state index contributed by atoms with van der Waals surface area (Å²) >= 11 is 0. The van der Waals surface area contributed by atoms with Gasteiger partial charge in [0.25, 0.3) is 0 Å². The number of carbonyl (C=O) groups is 2. The van der Waals surface area contributed by atoms with Crippen molar-refractivity contribution in [2.45, 2.75) is 0 Å². The summed E-state index contributed by atoms with van der Waals surface area (Å²) in [5.74, 6) is -2.42. The monoisotopic (exact) mass is 170 g/mol. The Morgan fingerprint density at radius 2 is 1.75 bits per heavy atom. The van der Waals surface area contributed by atoms with Gasteiger partial charge in [-0.3, -0.25) is 9.59 Å². The molecule has 0 saturated carbocycles. The van der Waals surface area contributed by atoms with Gasteiger partial charge in [-0.05, 0) is 12.1 Å². The summed E-state index contributed by atoms with van der Waals surface area (Å²) in [7, 11) is 0. The molecule has 1 aromatic rings. The van der Waals surface area contributed by atoms with Crippen LogP contribution in [-0.4, -0.2) is 12.6 Å². The summed E-state index contributed by atoms with van der Waals surface area (Å²) in [6.07, 6.45) is 0.501. The Morgan fingerprint density at radius 3 is 2.25 bits per heavy atom. The number of hydrogen-bond donors (Lipinski definition) is 0. The van der Waals surface area contributed by atoms with E-state index in [4.69, 9.17) is 0 Å². The van der Waals surface area contributed by atoms with E-state index in [1.807, 2.05) is 0 Å². The maximum atomic E-state index is 12.6. The maximum Gasteiger partial charge on any atom is 0.169 e. The first-order valence-electron chi connectivity index (χ1n) is 3.08. The fourth-order valence-electron chi connectivity index (χ4n) is 0.786. The Hall–Kier alpha value is -1.58. The van der Waals surface area contributed by atoms with Crippen LogP contribution in [0.25, 0.3) is 0 Å². The molecule has 0 fully saturated rings. The molecule has 0 N–H and O–H groups in total. The van der Waals surface area contributed by atoms with Crippen LogP contribution in [0.4, 0.5) is 8.78 Å². The van der Waals surface area contributed by atoms with Crippen LogP contribution in [0, 0.1) is 11.6 Å². The van der Waals surface area contributed by atoms with Crippen molar-refractivity contribution in [3.8, 4) is 0 Å². The van der Waals surface area contributed by atoms with Crippen LogP contribution < -0.4 is 0 Å². The van der Waals surface area contributed by atoms with Crippen molar-refractivity contribution < 1.29 is 18.4 Å². The van der Waals surface area contributed by atoms with E-state index in [2.05, 4.69) is 0 Å². The molecular formula is C8H4F2O2. The van der Waals surface area contributed by atoms with Crippen LogP contribution in [-0.2, 0) is 0 Å². The second-order valence-corrected chi connectivity index (χ2v) is 2.14. The summed E-state index contributed by atoms with van der Waals surface area (Å²) in [6.45, 7) is 0. The molecule has 2 nitrogen and oxygen atoms in total. The van der Waals surface area contributed by atoms with Crippen LogP contribution in [0.2, 0.25) is 0 Å². The lowest BCUT2D eigenvalue weighted by Crippen LogP contribution is -1.95. The van der Waals surface area contributed by atoms with Crippen molar-refractivity contribution >= 4 is 12.6 Å². The minimum absolute atomic E-state index is 0.0593. The van der Waals surface area contributed by atoms with E-state index >= 15 is 0 Å². The SMILES string of the molecule is O=Cc1cc(F)c(F)c(C=O)c1. The Balaban J connectivity index is 3.37. The minimum atomic E-state index is -1.23. The molecule has 1 rings (SSSR count). The summed E-state index contributed by atoms with van der Waals surface area (Å²) in [4.78, 5) is 20.3. The molecule has 0 radical (unpaired) electrons. The predicted molar refractivity (Wildman–Crippen MR) is 37.1 cm³/mol. The Labute approximate surface area is 66.8 Å². The highest BCUT2D eigenvalue weighted by molar-refractivity contribution is 5.82. The highest BCUT2D eigenvalue weighted by Gasteiger charge is 2.08. The first kappa shape index (κ1) is 8.52. The van der Waals surface area contributed by atoms with Gasteiger partial charge in [0.15, 0.2) is 17.9 Å². The van der Waals surface area contributed by atoms with Gasteiger partial charge in [0, 0.05) is 5.56 Å². The molecule has 12 heavy (non-hydrogen) atoms. The maximum absolute atomic E-state index is 12.6. The van der Waals surface area contributed by atoms with Gasteiger partial charge in [-0.1, -0.05) is 0 Å². The molecule has 0 atom stereocenters. The van der Waals surface area contributed by atoms with Gasteiger partial charge in [-0.2, -0.15) is 0 Å². The summed E-state index contributed by atoms with van der Waals surface area (Å²) in [5, 5.41) is 0. The lowest BCUT2D eigenvalue weighted by molar-refractivity contribution is 0.111. The van der Waals surface area contributed by atoms with E-state index in [9.17, 15) is 18.4 Å². The number of rotatable bonds is 2. The smallest absolute Gasteiger partial charge is 0.169 e. The number of halogens is 2. The molecule has 0 amide bonds. The van der Waals surface area contributed by atoms with Crippen LogP contribution >= 0.6 is 0 Å². The third kappa shape index (κ3) is 1.37. The quantitative estimate of drug-likeness (QED) is 0.631. The number of aldehydes is 2. The normalized spacial score (nSPS) is 9.50. The fraction of sp³-hybridized carbons (Fsp3) is 0. The van der Waals surface area contributed by atoms with Crippen LogP contribution in [0.3, 0.4) is 0 Å². The van der Waals surface area contributed by atoms with Gasteiger partial charge in [-0.25, -0.2) is 8.78 Å². The molecule has 0 spiro atoms. The van der Waals surface area contributed by atoms with Crippen molar-refractivity contribution in [3.63, 3.8) is 0 Å². The molecule has 0 unspecified atom stereocenters. The zero-order valence-electron chi connectivity index (χ0n) is 5.88. The summed E-state index contributed by atoms with van der Waals surface area (Å²) in [6, 6.07) is 1.72. The second-order valence-electron chi connectivity index (χ2n) is 2.14. The fourth-order valence-corrected chi connectivity index (χ4v) is 0.786. The second kappa shape index (κ2) is 3.21. The van der Waals surface area contributed by atoms with E-state index in [1.165, 1.54) is 0 Å². The van der Waals surface area contributed by atoms with E-state index in [0.717, 1.165) is 12.1 Å². The largest absolute Gasteiger partial charge is 0.298 e. The minimum Gasteiger partial charge on any atom is -0.298 e. The molecule has 0 bridgehead atoms. The summed E-state index contributed by atoms with van der Waals surface area (Å²) in [5.41, 5.74) is -0.506. The third-order valence-corrected chi connectivity index (χ3v) is 1.34. The topological polar surface area (TPSA) is 34.1 Å². The highest BCUT2D eigenvalue weighted by atomic mass is 19.2. The van der Waals surface area contributed by atoms with Gasteiger partial charge < -0.3 is 0 Å². The van der Waals surface area contributed by atoms with Crippen LogP contribution in [0.5, 0.6) is 0 Å². The standard InChI is InChI=1S/C8H4F2O2/c9-7-2-5(3-11)1-6(4-12)8(7)10/h1-4H. The number of hydrogen-bond acceptors (Lipinski definition) is 2. The zero-order valence-corrected chi connectivity index (χ0v) is 5.88. The molecule has 0 aromatic heterocycles. The Morgan fingerprint density at radius 1 is 1.08 bits per heavy atom. The average molecular weight is 170 g/mol. The molecule has 4 heteroatoms. The molecule has 0 heterocycles. The number of carbonyl (C=O) groups excluding carboxylic acids is 2. The predicted octanol–water partition coefficient (Wildman–Crippen LogP) is 1.59. The van der Waals surface area contributed by atoms with Gasteiger partial charge in [0.05, 0.1) is 5.56 Å². The van der Waals surface area contributed by atoms with Gasteiger partial charge >= 0.3 is 0 Å². The first-order chi connectivity index (χ1) is 5.69. The van der Waals surface area contributed by atoms with Crippen molar-refractivity contribution in [1.82, 2.24) is 0 Å². The van der Waals surface area contributed by atoms with Crippen molar-refractivity contribution in [2.24, 2.45) is 0 Å². The first-order valence-corrected chi connectivity index (χ1v) is 3.08. The summed E-state index contributed by atoms with van der Waals surface area (Å²) < 4.78 is 25.1. The molecule has 62 valence electrons. The molecular weight excluding hydrogens is 166 g/mol. The van der Waals surface area contributed by atoms with Crippen molar-refractivity contribution in [3.05, 3.63) is 34.9 Å². The van der Waals surface area contributed by atoms with Crippen molar-refractivity contribution in [1.29, 1.82) is 0 Å². The van der Waals surface area contributed by atoms with Gasteiger partial charge in [-0.15, -0.1) is 0 Å². The lowest BCUT2D eigenvalue weighted by Gasteiger charge is -1.96. The van der Waals surface area contributed by atoms with E-state index in [-0.39, 0.29) is 11.8 Å². The van der Waals surface area contributed by atoms with Gasteiger partial charge in [0.2, 0.25) is 0 Å². The molecule has 0 saturated heterocycles. The molecule has 0 aliphatic carbocycles. The van der Waals surface area contributed by atoms with Crippen LogP contribution in [0.1, 0.15) is 20.7 Å². The molecule has 0 aliphatic heterocycles. The van der Waals surface area contributed by atoms with E-state index in [0.29, 0.717) is 6.29 Å².